The van der Waals surface area contributed by atoms with Crippen LogP contribution in [0.2, 0.25) is 5.15 Å². The van der Waals surface area contributed by atoms with Crippen LogP contribution in [0.1, 0.15) is 15.2 Å². The van der Waals surface area contributed by atoms with Crippen LogP contribution >= 0.6 is 54.8 Å². The zero-order valence-corrected chi connectivity index (χ0v) is 13.9. The molecule has 0 aliphatic carbocycles. The lowest BCUT2D eigenvalue weighted by Gasteiger charge is -2.05. The van der Waals surface area contributed by atoms with E-state index in [4.69, 9.17) is 11.6 Å². The second-order valence-corrected chi connectivity index (χ2v) is 7.16. The van der Waals surface area contributed by atoms with Crippen LogP contribution in [0.4, 0.5) is 5.69 Å². The van der Waals surface area contributed by atoms with Crippen molar-refractivity contribution in [3.8, 4) is 0 Å². The summed E-state index contributed by atoms with van der Waals surface area (Å²) in [6.07, 6.45) is 1.57. The first-order valence-electron chi connectivity index (χ1n) is 4.85. The summed E-state index contributed by atoms with van der Waals surface area (Å²) in [7, 11) is 0. The lowest BCUT2D eigenvalue weighted by atomic mass is 10.3. The average Bonchev–Trinajstić information content (AvgIpc) is 2.64. The Hall–Kier alpha value is -0.430. The number of amides is 1. The number of aromatic nitrogens is 1. The standard InChI is InChI=1S/C11H7Br2ClN2OS/c1-5-2-8(18-9(5)13)11(17)16-7-3-6(12)4-15-10(7)14/h2-4H,1H3,(H,16,17). The Bertz CT molecular complexity index is 596. The molecule has 2 aromatic heterocycles. The first-order chi connectivity index (χ1) is 8.47. The van der Waals surface area contributed by atoms with Crippen LogP contribution in [0.15, 0.2) is 26.6 Å². The summed E-state index contributed by atoms with van der Waals surface area (Å²) in [6.45, 7) is 1.94. The number of aryl methyl sites for hydroxylation is 1. The average molecular weight is 411 g/mol. The molecule has 7 heteroatoms. The number of nitrogens with one attached hydrogen (secondary N) is 1. The van der Waals surface area contributed by atoms with Gasteiger partial charge < -0.3 is 5.32 Å². The fraction of sp³-hybridized carbons (Fsp3) is 0.0909. The molecule has 0 spiro atoms. The van der Waals surface area contributed by atoms with Gasteiger partial charge in [-0.1, -0.05) is 11.6 Å². The molecule has 0 fully saturated rings. The Morgan fingerprint density at radius 1 is 1.44 bits per heavy atom. The molecule has 0 saturated heterocycles. The quantitative estimate of drug-likeness (QED) is 0.717. The van der Waals surface area contributed by atoms with E-state index < -0.39 is 0 Å². The van der Waals surface area contributed by atoms with E-state index in [2.05, 4.69) is 42.2 Å². The van der Waals surface area contributed by atoms with Crippen LogP contribution in [-0.4, -0.2) is 10.9 Å². The number of carbonyl (C=O) groups excluding carboxylic acids is 1. The van der Waals surface area contributed by atoms with Crippen molar-refractivity contribution in [3.63, 3.8) is 0 Å². The van der Waals surface area contributed by atoms with Crippen molar-refractivity contribution < 1.29 is 4.79 Å². The number of thiophene rings is 1. The molecule has 2 aromatic rings. The molecule has 94 valence electrons. The Morgan fingerprint density at radius 3 is 2.78 bits per heavy atom. The van der Waals surface area contributed by atoms with Crippen molar-refractivity contribution in [1.82, 2.24) is 4.98 Å². The molecule has 2 rings (SSSR count). The first kappa shape index (κ1) is 14.0. The van der Waals surface area contributed by atoms with Gasteiger partial charge in [0.1, 0.15) is 0 Å². The molecule has 18 heavy (non-hydrogen) atoms. The predicted octanol–water partition coefficient (Wildman–Crippen LogP) is 4.88. The van der Waals surface area contributed by atoms with Crippen molar-refractivity contribution in [3.05, 3.63) is 42.2 Å². The lowest BCUT2D eigenvalue weighted by molar-refractivity contribution is 0.103. The molecule has 3 nitrogen and oxygen atoms in total. The van der Waals surface area contributed by atoms with E-state index in [-0.39, 0.29) is 11.1 Å². The van der Waals surface area contributed by atoms with Crippen LogP contribution < -0.4 is 5.32 Å². The van der Waals surface area contributed by atoms with Gasteiger partial charge in [0, 0.05) is 10.7 Å². The van der Waals surface area contributed by atoms with Crippen molar-refractivity contribution in [1.29, 1.82) is 0 Å². The largest absolute Gasteiger partial charge is 0.319 e. The summed E-state index contributed by atoms with van der Waals surface area (Å²) in [5, 5.41) is 3.00. The third-order valence-corrected chi connectivity index (χ3v) is 5.01. The lowest BCUT2D eigenvalue weighted by Crippen LogP contribution is -2.10. The van der Waals surface area contributed by atoms with Gasteiger partial charge in [-0.25, -0.2) is 4.98 Å². The van der Waals surface area contributed by atoms with Crippen molar-refractivity contribution in [2.45, 2.75) is 6.92 Å². The fourth-order valence-electron chi connectivity index (χ4n) is 1.27. The molecular weight excluding hydrogens is 403 g/mol. The van der Waals surface area contributed by atoms with Crippen LogP contribution in [0.5, 0.6) is 0 Å². The molecule has 0 radical (unpaired) electrons. The van der Waals surface area contributed by atoms with Gasteiger partial charge in [-0.15, -0.1) is 11.3 Å². The molecule has 2 heterocycles. The third-order valence-electron chi connectivity index (χ3n) is 2.13. The molecule has 0 saturated carbocycles. The maximum atomic E-state index is 12.0. The van der Waals surface area contributed by atoms with Gasteiger partial charge in [0.2, 0.25) is 0 Å². The van der Waals surface area contributed by atoms with Gasteiger partial charge >= 0.3 is 0 Å². The molecule has 0 aliphatic heterocycles. The van der Waals surface area contributed by atoms with Crippen LogP contribution in [-0.2, 0) is 0 Å². The van der Waals surface area contributed by atoms with Gasteiger partial charge in [0.15, 0.2) is 5.15 Å². The topological polar surface area (TPSA) is 42.0 Å². The second kappa shape index (κ2) is 5.69. The monoisotopic (exact) mass is 408 g/mol. The number of halogens is 3. The van der Waals surface area contributed by atoms with Gasteiger partial charge in [-0.3, -0.25) is 4.79 Å². The maximum absolute atomic E-state index is 12.0. The number of rotatable bonds is 2. The Balaban J connectivity index is 2.23. The van der Waals surface area contributed by atoms with Gasteiger partial charge in [-0.2, -0.15) is 0 Å². The molecule has 0 aromatic carbocycles. The molecule has 0 bridgehead atoms. The molecule has 1 amide bonds. The number of hydrogen-bond acceptors (Lipinski definition) is 3. The van der Waals surface area contributed by atoms with Crippen LogP contribution in [0.3, 0.4) is 0 Å². The highest BCUT2D eigenvalue weighted by Gasteiger charge is 2.13. The molecule has 0 unspecified atom stereocenters. The zero-order chi connectivity index (χ0) is 13.3. The summed E-state index contributed by atoms with van der Waals surface area (Å²) < 4.78 is 1.71. The minimum atomic E-state index is -0.199. The van der Waals surface area contributed by atoms with Crippen LogP contribution in [0.25, 0.3) is 0 Å². The smallest absolute Gasteiger partial charge is 0.265 e. The van der Waals surface area contributed by atoms with Crippen molar-refractivity contribution in [2.24, 2.45) is 0 Å². The summed E-state index contributed by atoms with van der Waals surface area (Å²) in [5.74, 6) is -0.199. The number of anilines is 1. The maximum Gasteiger partial charge on any atom is 0.265 e. The Kier molecular flexibility index (Phi) is 4.42. The van der Waals surface area contributed by atoms with E-state index in [1.165, 1.54) is 11.3 Å². The zero-order valence-electron chi connectivity index (χ0n) is 9.13. The van der Waals surface area contributed by atoms with Crippen molar-refractivity contribution >= 4 is 66.4 Å². The van der Waals surface area contributed by atoms with E-state index in [1.807, 2.05) is 13.0 Å². The van der Waals surface area contributed by atoms with Crippen molar-refractivity contribution in [2.75, 3.05) is 5.32 Å². The second-order valence-electron chi connectivity index (χ2n) is 3.51. The molecule has 0 atom stereocenters. The predicted molar refractivity (Wildman–Crippen MR) is 81.7 cm³/mol. The van der Waals surface area contributed by atoms with Crippen LogP contribution in [0, 0.1) is 6.92 Å². The first-order valence-corrected chi connectivity index (χ1v) is 7.63. The van der Waals surface area contributed by atoms with E-state index in [1.54, 1.807) is 12.3 Å². The van der Waals surface area contributed by atoms with Gasteiger partial charge in [0.25, 0.3) is 5.91 Å². The van der Waals surface area contributed by atoms with Gasteiger partial charge in [0.05, 0.1) is 14.4 Å². The summed E-state index contributed by atoms with van der Waals surface area (Å²) >= 11 is 14.0. The van der Waals surface area contributed by atoms with E-state index in [0.717, 1.165) is 13.8 Å². The normalized spacial score (nSPS) is 10.4. The molecular formula is C11H7Br2ClN2OS. The van der Waals surface area contributed by atoms with E-state index in [0.29, 0.717) is 10.6 Å². The Labute approximate surface area is 130 Å². The number of nitrogens with zero attached hydrogens (tertiary/aromatic N) is 1. The summed E-state index contributed by atoms with van der Waals surface area (Å²) in [5.41, 5.74) is 1.52. The van der Waals surface area contributed by atoms with E-state index >= 15 is 0 Å². The fourth-order valence-corrected chi connectivity index (χ4v) is 3.18. The highest BCUT2D eigenvalue weighted by atomic mass is 79.9. The summed E-state index contributed by atoms with van der Waals surface area (Å²) in [6, 6.07) is 3.53. The molecule has 0 aliphatic rings. The summed E-state index contributed by atoms with van der Waals surface area (Å²) in [4.78, 5) is 16.6. The number of pyridine rings is 1. The minimum absolute atomic E-state index is 0.199. The van der Waals surface area contributed by atoms with Gasteiger partial charge in [-0.05, 0) is 56.5 Å². The highest BCUT2D eigenvalue weighted by molar-refractivity contribution is 9.11. The number of hydrogen-bond donors (Lipinski definition) is 1. The number of carbonyl (C=O) groups is 1. The highest BCUT2D eigenvalue weighted by Crippen LogP contribution is 2.29. The molecule has 1 N–H and O–H groups in total. The SMILES string of the molecule is Cc1cc(C(=O)Nc2cc(Br)cnc2Cl)sc1Br. The Morgan fingerprint density at radius 2 is 2.17 bits per heavy atom. The van der Waals surface area contributed by atoms with E-state index in [9.17, 15) is 4.79 Å². The third kappa shape index (κ3) is 3.12. The minimum Gasteiger partial charge on any atom is -0.319 e.